The van der Waals surface area contributed by atoms with E-state index in [1.165, 1.54) is 6.42 Å². The minimum Gasteiger partial charge on any atom is -0.465 e. The second kappa shape index (κ2) is 8.56. The van der Waals surface area contributed by atoms with Gasteiger partial charge in [-0.2, -0.15) is 0 Å². The van der Waals surface area contributed by atoms with E-state index in [1.54, 1.807) is 0 Å². The lowest BCUT2D eigenvalue weighted by atomic mass is 10.3. The highest BCUT2D eigenvalue weighted by Crippen LogP contribution is 2.01. The molecule has 0 rings (SSSR count). The van der Waals surface area contributed by atoms with Gasteiger partial charge >= 0.3 is 6.09 Å². The number of alkyl halides is 1. The van der Waals surface area contributed by atoms with Crippen molar-refractivity contribution in [3.05, 3.63) is 0 Å². The lowest BCUT2D eigenvalue weighted by Gasteiger charge is -1.93. The molecule has 0 bridgehead atoms. The molecule has 1 amide bonds. The first-order chi connectivity index (χ1) is 4.50. The molecule has 62 valence electrons. The molecule has 0 saturated heterocycles. The maximum absolute atomic E-state index is 8.78. The standard InChI is InChI=1S/C5H11Cl.CH3NO2/c1-3-4-5(2)6;2-1(3)4/h5H,3-4H2,1-2H3;2H2,(H,3,4). The molecule has 0 heterocycles. The molecule has 1 atom stereocenters. The third-order valence-electron chi connectivity index (χ3n) is 0.686. The monoisotopic (exact) mass is 167 g/mol. The average Bonchev–Trinajstić information content (AvgIpc) is 1.62. The van der Waals surface area contributed by atoms with Crippen LogP contribution in [0.4, 0.5) is 4.79 Å². The normalized spacial score (nSPS) is 11.1. The van der Waals surface area contributed by atoms with Gasteiger partial charge in [-0.15, -0.1) is 11.6 Å². The minimum atomic E-state index is -1.33. The Morgan fingerprint density at radius 2 is 2.10 bits per heavy atom. The zero-order chi connectivity index (χ0) is 8.57. The highest BCUT2D eigenvalue weighted by molar-refractivity contribution is 6.20. The Labute approximate surface area is 66.2 Å². The summed E-state index contributed by atoms with van der Waals surface area (Å²) in [5, 5.41) is 7.56. The molecule has 4 heteroatoms. The van der Waals surface area contributed by atoms with Crippen molar-refractivity contribution < 1.29 is 9.90 Å². The molecule has 3 nitrogen and oxygen atoms in total. The predicted molar refractivity (Wildman–Crippen MR) is 42.4 cm³/mol. The summed E-state index contributed by atoms with van der Waals surface area (Å²) >= 11 is 5.58. The van der Waals surface area contributed by atoms with Crippen LogP contribution in [0.1, 0.15) is 26.7 Å². The molecular formula is C6H14ClNO2. The van der Waals surface area contributed by atoms with Gasteiger partial charge < -0.3 is 10.8 Å². The molecule has 0 radical (unpaired) electrons. The van der Waals surface area contributed by atoms with Crippen LogP contribution in [-0.2, 0) is 0 Å². The maximum atomic E-state index is 8.78. The fraction of sp³-hybridized carbons (Fsp3) is 0.833. The van der Waals surface area contributed by atoms with Crippen molar-refractivity contribution in [2.75, 3.05) is 0 Å². The molecule has 0 aromatic heterocycles. The number of carbonyl (C=O) groups is 1. The topological polar surface area (TPSA) is 63.3 Å². The van der Waals surface area contributed by atoms with E-state index < -0.39 is 6.09 Å². The van der Waals surface area contributed by atoms with E-state index in [0.717, 1.165) is 6.42 Å². The van der Waals surface area contributed by atoms with Gasteiger partial charge in [0.05, 0.1) is 0 Å². The van der Waals surface area contributed by atoms with E-state index in [4.69, 9.17) is 21.5 Å². The van der Waals surface area contributed by atoms with Crippen LogP contribution in [0, 0.1) is 0 Å². The van der Waals surface area contributed by atoms with Gasteiger partial charge in [-0.1, -0.05) is 13.3 Å². The third kappa shape index (κ3) is 49.6. The van der Waals surface area contributed by atoms with Gasteiger partial charge in [0, 0.05) is 5.38 Å². The Balaban J connectivity index is 0. The van der Waals surface area contributed by atoms with Gasteiger partial charge in [0.2, 0.25) is 0 Å². The molecular weight excluding hydrogens is 154 g/mol. The first-order valence-electron chi connectivity index (χ1n) is 3.13. The van der Waals surface area contributed by atoms with Crippen LogP contribution in [0.25, 0.3) is 0 Å². The second-order valence-electron chi connectivity index (χ2n) is 1.91. The number of primary amides is 1. The first kappa shape index (κ1) is 12.3. The summed E-state index contributed by atoms with van der Waals surface area (Å²) in [6.45, 7) is 4.16. The summed E-state index contributed by atoms with van der Waals surface area (Å²) < 4.78 is 0. The molecule has 1 unspecified atom stereocenters. The summed E-state index contributed by atoms with van der Waals surface area (Å²) in [6, 6.07) is 0. The smallest absolute Gasteiger partial charge is 0.402 e. The van der Waals surface area contributed by atoms with E-state index in [0.29, 0.717) is 5.38 Å². The van der Waals surface area contributed by atoms with Crippen LogP contribution >= 0.6 is 11.6 Å². The van der Waals surface area contributed by atoms with Crippen molar-refractivity contribution in [2.24, 2.45) is 5.73 Å². The summed E-state index contributed by atoms with van der Waals surface area (Å²) in [6.07, 6.45) is 1.01. The number of amides is 1. The Hall–Kier alpha value is -0.440. The molecule has 0 aromatic carbocycles. The summed E-state index contributed by atoms with van der Waals surface area (Å²) in [5.74, 6) is 0. The Bertz CT molecular complexity index is 81.8. The number of rotatable bonds is 2. The lowest BCUT2D eigenvalue weighted by molar-refractivity contribution is 0.205. The summed E-state index contributed by atoms with van der Waals surface area (Å²) in [5.41, 5.74) is 4.03. The number of hydrogen-bond donors (Lipinski definition) is 2. The van der Waals surface area contributed by atoms with Crippen LogP contribution in [0.2, 0.25) is 0 Å². The minimum absolute atomic E-state index is 0.370. The van der Waals surface area contributed by atoms with E-state index in [-0.39, 0.29) is 0 Å². The van der Waals surface area contributed by atoms with Crippen molar-refractivity contribution in [2.45, 2.75) is 32.1 Å². The predicted octanol–water partition coefficient (Wildman–Crippen LogP) is 2.04. The van der Waals surface area contributed by atoms with Crippen molar-refractivity contribution in [3.63, 3.8) is 0 Å². The van der Waals surface area contributed by atoms with Gasteiger partial charge in [0.15, 0.2) is 0 Å². The molecule has 0 saturated carbocycles. The highest BCUT2D eigenvalue weighted by atomic mass is 35.5. The molecule has 0 aliphatic rings. The SMILES string of the molecule is CCCC(C)Cl.NC(=O)O. The molecule has 3 N–H and O–H groups in total. The molecule has 0 aromatic rings. The molecule has 0 aliphatic heterocycles. The largest absolute Gasteiger partial charge is 0.465 e. The zero-order valence-corrected chi connectivity index (χ0v) is 7.06. The Morgan fingerprint density at radius 1 is 1.80 bits per heavy atom. The summed E-state index contributed by atoms with van der Waals surface area (Å²) in [7, 11) is 0. The van der Waals surface area contributed by atoms with E-state index >= 15 is 0 Å². The fourth-order valence-corrected chi connectivity index (χ4v) is 0.616. The van der Waals surface area contributed by atoms with Gasteiger partial charge in [-0.05, 0) is 13.3 Å². The van der Waals surface area contributed by atoms with Crippen LogP contribution in [-0.4, -0.2) is 16.6 Å². The number of hydrogen-bond acceptors (Lipinski definition) is 1. The van der Waals surface area contributed by atoms with Gasteiger partial charge in [-0.3, -0.25) is 0 Å². The summed E-state index contributed by atoms with van der Waals surface area (Å²) in [4.78, 5) is 8.78. The second-order valence-corrected chi connectivity index (χ2v) is 2.65. The number of nitrogens with two attached hydrogens (primary N) is 1. The highest BCUT2D eigenvalue weighted by Gasteiger charge is 1.88. The van der Waals surface area contributed by atoms with E-state index in [2.05, 4.69) is 12.7 Å². The van der Waals surface area contributed by atoms with Gasteiger partial charge in [-0.25, -0.2) is 4.79 Å². The Kier molecular flexibility index (Phi) is 10.5. The van der Waals surface area contributed by atoms with Crippen molar-refractivity contribution in [1.29, 1.82) is 0 Å². The third-order valence-corrected chi connectivity index (χ3v) is 0.905. The lowest BCUT2D eigenvalue weighted by Crippen LogP contribution is -2.03. The average molecular weight is 168 g/mol. The van der Waals surface area contributed by atoms with Gasteiger partial charge in [0.25, 0.3) is 0 Å². The fourth-order valence-electron chi connectivity index (χ4n) is 0.398. The molecule has 0 spiro atoms. The maximum Gasteiger partial charge on any atom is 0.402 e. The van der Waals surface area contributed by atoms with E-state index in [1.807, 2.05) is 6.92 Å². The van der Waals surface area contributed by atoms with Crippen molar-refractivity contribution >= 4 is 17.7 Å². The van der Waals surface area contributed by atoms with Gasteiger partial charge in [0.1, 0.15) is 0 Å². The van der Waals surface area contributed by atoms with E-state index in [9.17, 15) is 0 Å². The Morgan fingerprint density at radius 3 is 2.10 bits per heavy atom. The number of carboxylic acid groups (broad SMARTS) is 1. The van der Waals surface area contributed by atoms with Crippen molar-refractivity contribution in [1.82, 2.24) is 0 Å². The molecule has 0 fully saturated rings. The quantitative estimate of drug-likeness (QED) is 0.619. The van der Waals surface area contributed by atoms with Crippen LogP contribution < -0.4 is 5.73 Å². The number of halogens is 1. The zero-order valence-electron chi connectivity index (χ0n) is 6.30. The van der Waals surface area contributed by atoms with Crippen LogP contribution in [0.15, 0.2) is 0 Å². The first-order valence-corrected chi connectivity index (χ1v) is 3.56. The van der Waals surface area contributed by atoms with Crippen LogP contribution in [0.3, 0.4) is 0 Å². The molecule has 0 aliphatic carbocycles. The van der Waals surface area contributed by atoms with Crippen molar-refractivity contribution in [3.8, 4) is 0 Å². The molecule has 10 heavy (non-hydrogen) atoms. The van der Waals surface area contributed by atoms with Crippen LogP contribution in [0.5, 0.6) is 0 Å².